The van der Waals surface area contributed by atoms with Crippen molar-refractivity contribution in [2.45, 2.75) is 6.42 Å². The van der Waals surface area contributed by atoms with Gasteiger partial charge in [-0.25, -0.2) is 9.89 Å². The minimum Gasteiger partial charge on any atom is -0.497 e. The average molecular weight is 263 g/mol. The molecule has 0 bridgehead atoms. The number of hydrogen-bond acceptors (Lipinski definition) is 5. The van der Waals surface area contributed by atoms with E-state index in [2.05, 4.69) is 15.2 Å². The molecule has 100 valence electrons. The molecule has 0 atom stereocenters. The number of nitrogens with one attached hydrogen (secondary N) is 2. The molecule has 0 fully saturated rings. The van der Waals surface area contributed by atoms with E-state index in [0.29, 0.717) is 11.5 Å². The molecule has 7 nitrogen and oxygen atoms in total. The highest BCUT2D eigenvalue weighted by Crippen LogP contribution is 2.25. The highest BCUT2D eigenvalue weighted by Gasteiger charge is 2.09. The maximum absolute atomic E-state index is 11.6. The minimum atomic E-state index is -0.629. The Morgan fingerprint density at radius 3 is 2.63 bits per heavy atom. The number of aromatic nitrogens is 3. The molecule has 19 heavy (non-hydrogen) atoms. The van der Waals surface area contributed by atoms with Crippen molar-refractivity contribution in [1.29, 1.82) is 0 Å². The highest BCUT2D eigenvalue weighted by atomic mass is 16.5. The first-order valence-electron chi connectivity index (χ1n) is 5.53. The monoisotopic (exact) mass is 263 g/mol. The van der Waals surface area contributed by atoms with Gasteiger partial charge < -0.3 is 9.47 Å². The van der Waals surface area contributed by atoms with Crippen LogP contribution in [0.15, 0.2) is 27.8 Å². The summed E-state index contributed by atoms with van der Waals surface area (Å²) in [5, 5.41) is 5.92. The van der Waals surface area contributed by atoms with Gasteiger partial charge in [0.1, 0.15) is 17.2 Å². The number of ether oxygens (including phenoxy) is 2. The molecule has 0 spiro atoms. The fraction of sp³-hybridized carbons (Fsp3) is 0.250. The van der Waals surface area contributed by atoms with Crippen LogP contribution in [0.4, 0.5) is 0 Å². The molecule has 0 amide bonds. The summed E-state index contributed by atoms with van der Waals surface area (Å²) in [5.41, 5.74) is -0.159. The largest absolute Gasteiger partial charge is 0.497 e. The van der Waals surface area contributed by atoms with Crippen molar-refractivity contribution >= 4 is 0 Å². The van der Waals surface area contributed by atoms with Crippen molar-refractivity contribution in [3.05, 3.63) is 50.3 Å². The molecular weight excluding hydrogens is 250 g/mol. The third-order valence-corrected chi connectivity index (χ3v) is 2.63. The molecule has 1 heterocycles. The number of methoxy groups -OCH3 is 2. The summed E-state index contributed by atoms with van der Waals surface area (Å²) in [4.78, 5) is 24.6. The molecule has 0 radical (unpaired) electrons. The zero-order valence-electron chi connectivity index (χ0n) is 10.5. The number of benzene rings is 1. The molecule has 0 aliphatic carbocycles. The Kier molecular flexibility index (Phi) is 3.65. The lowest BCUT2D eigenvalue weighted by Gasteiger charge is -2.09. The van der Waals surface area contributed by atoms with Crippen molar-refractivity contribution in [2.24, 2.45) is 0 Å². The summed E-state index contributed by atoms with van der Waals surface area (Å²) in [6.45, 7) is 0. The number of rotatable bonds is 4. The molecule has 2 rings (SSSR count). The second-order valence-electron chi connectivity index (χ2n) is 3.81. The van der Waals surface area contributed by atoms with E-state index in [4.69, 9.17) is 9.47 Å². The second-order valence-corrected chi connectivity index (χ2v) is 3.81. The van der Waals surface area contributed by atoms with Crippen molar-refractivity contribution in [2.75, 3.05) is 14.2 Å². The van der Waals surface area contributed by atoms with E-state index in [-0.39, 0.29) is 12.1 Å². The van der Waals surface area contributed by atoms with Crippen LogP contribution in [0.5, 0.6) is 11.5 Å². The molecule has 7 heteroatoms. The van der Waals surface area contributed by atoms with Crippen LogP contribution in [0.2, 0.25) is 0 Å². The van der Waals surface area contributed by atoms with Gasteiger partial charge in [-0.1, -0.05) is 6.07 Å². The van der Waals surface area contributed by atoms with Crippen LogP contribution in [-0.2, 0) is 6.42 Å². The summed E-state index contributed by atoms with van der Waals surface area (Å²) in [7, 11) is 3.09. The minimum absolute atomic E-state index is 0.211. The Hall–Kier alpha value is -2.57. The number of hydrogen-bond donors (Lipinski definition) is 2. The van der Waals surface area contributed by atoms with E-state index in [1.165, 1.54) is 7.11 Å². The average Bonchev–Trinajstić information content (AvgIpc) is 2.42. The number of H-pyrrole nitrogens is 2. The smallest absolute Gasteiger partial charge is 0.342 e. The normalized spacial score (nSPS) is 10.2. The Bertz CT molecular complexity index is 690. The van der Waals surface area contributed by atoms with Gasteiger partial charge in [0.2, 0.25) is 0 Å². The molecule has 2 N–H and O–H groups in total. The molecule has 0 unspecified atom stereocenters. The van der Waals surface area contributed by atoms with Gasteiger partial charge in [-0.15, -0.1) is 0 Å². The van der Waals surface area contributed by atoms with Gasteiger partial charge in [-0.3, -0.25) is 9.78 Å². The van der Waals surface area contributed by atoms with Crippen molar-refractivity contribution < 1.29 is 9.47 Å². The third-order valence-electron chi connectivity index (χ3n) is 2.63. The van der Waals surface area contributed by atoms with Gasteiger partial charge in [0, 0.05) is 18.1 Å². The summed E-state index contributed by atoms with van der Waals surface area (Å²) in [6.07, 6.45) is 0.249. The number of aromatic amines is 2. The molecule has 0 aliphatic heterocycles. The second kappa shape index (κ2) is 5.38. The fourth-order valence-electron chi connectivity index (χ4n) is 1.67. The first-order valence-corrected chi connectivity index (χ1v) is 5.53. The SMILES string of the molecule is COc1ccc(Cc2n[nH]c(=O)[nH]c2=O)c(OC)c1. The number of nitrogens with zero attached hydrogens (tertiary/aromatic N) is 1. The fourth-order valence-corrected chi connectivity index (χ4v) is 1.67. The van der Waals surface area contributed by atoms with Crippen LogP contribution in [0.25, 0.3) is 0 Å². The van der Waals surface area contributed by atoms with Gasteiger partial charge >= 0.3 is 5.69 Å². The maximum Gasteiger partial charge on any atom is 0.342 e. The first-order chi connectivity index (χ1) is 9.13. The van der Waals surface area contributed by atoms with E-state index in [9.17, 15) is 9.59 Å². The van der Waals surface area contributed by atoms with Gasteiger partial charge in [-0.05, 0) is 6.07 Å². The summed E-state index contributed by atoms with van der Waals surface area (Å²) < 4.78 is 10.3. The van der Waals surface area contributed by atoms with Gasteiger partial charge in [0.25, 0.3) is 5.56 Å². The van der Waals surface area contributed by atoms with Crippen LogP contribution in [0, 0.1) is 0 Å². The molecule has 0 saturated heterocycles. The zero-order valence-corrected chi connectivity index (χ0v) is 10.5. The quantitative estimate of drug-likeness (QED) is 0.813. The van der Waals surface area contributed by atoms with Crippen LogP contribution < -0.4 is 20.7 Å². The topological polar surface area (TPSA) is 97.1 Å². The predicted molar refractivity (Wildman–Crippen MR) is 67.8 cm³/mol. The first kappa shape index (κ1) is 12.9. The lowest BCUT2D eigenvalue weighted by atomic mass is 10.1. The standard InChI is InChI=1S/C12H13N3O4/c1-18-8-4-3-7(10(6-8)19-2)5-9-11(16)13-12(17)15-14-9/h3-4,6H,5H2,1-2H3,(H2,13,15,16,17). The predicted octanol–water partition coefficient (Wildman–Crippen LogP) is 0.0662. The summed E-state index contributed by atoms with van der Waals surface area (Å²) >= 11 is 0. The van der Waals surface area contributed by atoms with Crippen molar-refractivity contribution in [3.8, 4) is 11.5 Å². The molecule has 1 aromatic carbocycles. The third kappa shape index (κ3) is 2.82. The Morgan fingerprint density at radius 1 is 1.21 bits per heavy atom. The van der Waals surface area contributed by atoms with Crippen molar-refractivity contribution in [3.63, 3.8) is 0 Å². The van der Waals surface area contributed by atoms with Crippen LogP contribution >= 0.6 is 0 Å². The van der Waals surface area contributed by atoms with Crippen LogP contribution in [-0.4, -0.2) is 29.4 Å². The van der Waals surface area contributed by atoms with Crippen LogP contribution in [0.3, 0.4) is 0 Å². The Labute approximate surface area is 108 Å². The van der Waals surface area contributed by atoms with Crippen LogP contribution in [0.1, 0.15) is 11.3 Å². The van der Waals surface area contributed by atoms with Gasteiger partial charge in [0.15, 0.2) is 0 Å². The van der Waals surface area contributed by atoms with E-state index in [0.717, 1.165) is 5.56 Å². The molecule has 2 aromatic rings. The maximum atomic E-state index is 11.6. The zero-order chi connectivity index (χ0) is 13.8. The Balaban J connectivity index is 2.37. The highest BCUT2D eigenvalue weighted by molar-refractivity contribution is 5.42. The lowest BCUT2D eigenvalue weighted by molar-refractivity contribution is 0.391. The molecule has 0 aliphatic rings. The van der Waals surface area contributed by atoms with E-state index in [1.807, 2.05) is 0 Å². The molecule has 1 aromatic heterocycles. The van der Waals surface area contributed by atoms with Gasteiger partial charge in [-0.2, -0.15) is 5.10 Å². The summed E-state index contributed by atoms with van der Waals surface area (Å²) in [5.74, 6) is 1.25. The summed E-state index contributed by atoms with van der Waals surface area (Å²) in [6, 6.07) is 5.26. The molecule has 0 saturated carbocycles. The van der Waals surface area contributed by atoms with Gasteiger partial charge in [0.05, 0.1) is 14.2 Å². The van der Waals surface area contributed by atoms with E-state index >= 15 is 0 Å². The molecular formula is C12H13N3O4. The Morgan fingerprint density at radius 2 is 2.00 bits per heavy atom. The van der Waals surface area contributed by atoms with Crippen molar-refractivity contribution in [1.82, 2.24) is 15.2 Å². The van der Waals surface area contributed by atoms with E-state index in [1.54, 1.807) is 25.3 Å². The van der Waals surface area contributed by atoms with E-state index < -0.39 is 11.2 Å². The lowest BCUT2D eigenvalue weighted by Crippen LogP contribution is -2.27.